The summed E-state index contributed by atoms with van der Waals surface area (Å²) in [5, 5.41) is 7.77. The standard InChI is InChI=1S/C26H26N6O3/c1-3-9-21-29-23(35-30-21)15-31-16-27-24-18-11-6-8-13-20(18)32(25(24)26(31)34)14-22(33)28-19-12-7-5-10-17(19)4-2/h5-8,10-13,16H,3-4,9,14-15H2,1-2H3,(H,28,33). The van der Waals surface area contributed by atoms with Gasteiger partial charge in [0.1, 0.15) is 24.1 Å². The number of nitrogens with zero attached hydrogens (tertiary/aromatic N) is 5. The van der Waals surface area contributed by atoms with Crippen LogP contribution >= 0.6 is 0 Å². The minimum absolute atomic E-state index is 0.0236. The van der Waals surface area contributed by atoms with E-state index in [9.17, 15) is 9.59 Å². The van der Waals surface area contributed by atoms with Crippen LogP contribution in [-0.2, 0) is 30.7 Å². The molecule has 9 nitrogen and oxygen atoms in total. The molecule has 0 aliphatic heterocycles. The zero-order valence-corrected chi connectivity index (χ0v) is 19.7. The molecular weight excluding hydrogens is 444 g/mol. The Morgan fingerprint density at radius 3 is 2.71 bits per heavy atom. The van der Waals surface area contributed by atoms with Crippen molar-refractivity contribution in [3.8, 4) is 0 Å². The first kappa shape index (κ1) is 22.5. The highest BCUT2D eigenvalue weighted by Crippen LogP contribution is 2.25. The topological polar surface area (TPSA) is 108 Å². The van der Waals surface area contributed by atoms with E-state index >= 15 is 0 Å². The van der Waals surface area contributed by atoms with Crippen LogP contribution in [0.3, 0.4) is 0 Å². The first-order valence-electron chi connectivity index (χ1n) is 11.7. The fourth-order valence-electron chi connectivity index (χ4n) is 4.33. The van der Waals surface area contributed by atoms with E-state index in [0.717, 1.165) is 35.0 Å². The molecular formula is C26H26N6O3. The molecule has 0 saturated heterocycles. The Labute approximate surface area is 201 Å². The fourth-order valence-corrected chi connectivity index (χ4v) is 4.33. The van der Waals surface area contributed by atoms with E-state index in [4.69, 9.17) is 4.52 Å². The van der Waals surface area contributed by atoms with Crippen LogP contribution in [0.5, 0.6) is 0 Å². The Balaban J connectivity index is 1.54. The Bertz CT molecular complexity index is 1580. The third-order valence-electron chi connectivity index (χ3n) is 6.00. The Morgan fingerprint density at radius 1 is 1.09 bits per heavy atom. The highest BCUT2D eigenvalue weighted by Gasteiger charge is 2.19. The summed E-state index contributed by atoms with van der Waals surface area (Å²) in [6.45, 7) is 4.16. The van der Waals surface area contributed by atoms with Gasteiger partial charge in [-0.3, -0.25) is 14.2 Å². The molecule has 0 aliphatic rings. The van der Waals surface area contributed by atoms with Crippen molar-refractivity contribution < 1.29 is 9.32 Å². The summed E-state index contributed by atoms with van der Waals surface area (Å²) in [5.74, 6) is 0.737. The van der Waals surface area contributed by atoms with Gasteiger partial charge >= 0.3 is 0 Å². The van der Waals surface area contributed by atoms with E-state index in [1.54, 1.807) is 4.57 Å². The van der Waals surface area contributed by atoms with E-state index in [-0.39, 0.29) is 24.6 Å². The number of benzene rings is 2. The lowest BCUT2D eigenvalue weighted by atomic mass is 10.1. The van der Waals surface area contributed by atoms with Gasteiger partial charge in [-0.15, -0.1) is 0 Å². The number of hydrogen-bond acceptors (Lipinski definition) is 6. The predicted molar refractivity (Wildman–Crippen MR) is 133 cm³/mol. The van der Waals surface area contributed by atoms with Crippen LogP contribution in [0, 0.1) is 0 Å². The number of hydrogen-bond donors (Lipinski definition) is 1. The van der Waals surface area contributed by atoms with Gasteiger partial charge in [0.2, 0.25) is 11.8 Å². The van der Waals surface area contributed by atoms with Crippen molar-refractivity contribution in [3.05, 3.63) is 82.5 Å². The lowest BCUT2D eigenvalue weighted by Crippen LogP contribution is -2.25. The molecule has 3 heterocycles. The number of carbonyl (C=O) groups is 1. The molecule has 0 saturated carbocycles. The normalized spacial score (nSPS) is 11.4. The number of anilines is 1. The van der Waals surface area contributed by atoms with Crippen molar-refractivity contribution in [1.82, 2.24) is 24.3 Å². The van der Waals surface area contributed by atoms with Gasteiger partial charge in [-0.25, -0.2) is 4.98 Å². The summed E-state index contributed by atoms with van der Waals surface area (Å²) in [4.78, 5) is 35.6. The van der Waals surface area contributed by atoms with Crippen LogP contribution in [0.1, 0.15) is 37.5 Å². The van der Waals surface area contributed by atoms with Crippen molar-refractivity contribution in [2.24, 2.45) is 0 Å². The van der Waals surface area contributed by atoms with E-state index in [1.807, 2.05) is 62.4 Å². The van der Waals surface area contributed by atoms with Crippen molar-refractivity contribution in [2.75, 3.05) is 5.32 Å². The Hall–Kier alpha value is -4.27. The van der Waals surface area contributed by atoms with E-state index < -0.39 is 0 Å². The average Bonchev–Trinajstić information content (AvgIpc) is 3.44. The van der Waals surface area contributed by atoms with Gasteiger partial charge in [-0.1, -0.05) is 55.4 Å². The molecule has 0 aliphatic carbocycles. The maximum Gasteiger partial charge on any atom is 0.278 e. The second-order valence-corrected chi connectivity index (χ2v) is 8.39. The van der Waals surface area contributed by atoms with Crippen molar-refractivity contribution in [3.63, 3.8) is 0 Å². The van der Waals surface area contributed by atoms with Crippen LogP contribution in [-0.4, -0.2) is 30.2 Å². The SMILES string of the molecule is CCCc1noc(Cn2cnc3c4ccccc4n(CC(=O)Nc4ccccc4CC)c3c2=O)n1. The number of para-hydroxylation sites is 2. The first-order valence-corrected chi connectivity index (χ1v) is 11.7. The number of carbonyl (C=O) groups excluding carboxylic acids is 1. The van der Waals surface area contributed by atoms with Crippen LogP contribution in [0.2, 0.25) is 0 Å². The largest absolute Gasteiger partial charge is 0.337 e. The molecule has 2 aromatic carbocycles. The second kappa shape index (κ2) is 9.54. The molecule has 0 bridgehead atoms. The van der Waals surface area contributed by atoms with Gasteiger partial charge in [0.25, 0.3) is 5.56 Å². The molecule has 0 unspecified atom stereocenters. The molecule has 3 aromatic heterocycles. The van der Waals surface area contributed by atoms with E-state index in [2.05, 4.69) is 20.4 Å². The smallest absolute Gasteiger partial charge is 0.278 e. The minimum Gasteiger partial charge on any atom is -0.337 e. The molecule has 5 aromatic rings. The predicted octanol–water partition coefficient (Wildman–Crippen LogP) is 3.94. The number of aryl methyl sites for hydroxylation is 2. The van der Waals surface area contributed by atoms with E-state index in [0.29, 0.717) is 29.2 Å². The van der Waals surface area contributed by atoms with Crippen molar-refractivity contribution in [2.45, 2.75) is 46.2 Å². The zero-order chi connectivity index (χ0) is 24.4. The van der Waals surface area contributed by atoms with Crippen molar-refractivity contribution in [1.29, 1.82) is 0 Å². The molecule has 0 atom stereocenters. The fraction of sp³-hybridized carbons (Fsp3) is 0.269. The molecule has 5 rings (SSSR count). The molecule has 1 amide bonds. The zero-order valence-electron chi connectivity index (χ0n) is 19.7. The van der Waals surface area contributed by atoms with Gasteiger partial charge < -0.3 is 14.4 Å². The number of fused-ring (bicyclic) bond motifs is 3. The van der Waals surface area contributed by atoms with Gasteiger partial charge in [-0.2, -0.15) is 4.98 Å². The molecule has 0 radical (unpaired) electrons. The maximum absolute atomic E-state index is 13.6. The summed E-state index contributed by atoms with van der Waals surface area (Å²) in [6.07, 6.45) is 3.90. The van der Waals surface area contributed by atoms with Crippen LogP contribution in [0.15, 0.2) is 64.2 Å². The van der Waals surface area contributed by atoms with Crippen LogP contribution in [0.4, 0.5) is 5.69 Å². The third kappa shape index (κ3) is 4.32. The molecule has 178 valence electrons. The van der Waals surface area contributed by atoms with Gasteiger partial charge in [-0.05, 0) is 30.5 Å². The van der Waals surface area contributed by atoms with Crippen LogP contribution < -0.4 is 10.9 Å². The lowest BCUT2D eigenvalue weighted by molar-refractivity contribution is -0.116. The summed E-state index contributed by atoms with van der Waals surface area (Å²) in [6, 6.07) is 15.3. The van der Waals surface area contributed by atoms with E-state index in [1.165, 1.54) is 10.9 Å². The highest BCUT2D eigenvalue weighted by molar-refractivity contribution is 6.06. The summed E-state index contributed by atoms with van der Waals surface area (Å²) in [7, 11) is 0. The van der Waals surface area contributed by atoms with Gasteiger partial charge in [0.05, 0.1) is 11.8 Å². The summed E-state index contributed by atoms with van der Waals surface area (Å²) in [5.41, 5.74) is 3.24. The Kier molecular flexibility index (Phi) is 6.13. The molecule has 0 spiro atoms. The molecule has 1 N–H and O–H groups in total. The Morgan fingerprint density at radius 2 is 1.89 bits per heavy atom. The summed E-state index contributed by atoms with van der Waals surface area (Å²) >= 11 is 0. The quantitative estimate of drug-likeness (QED) is 0.368. The average molecular weight is 471 g/mol. The monoisotopic (exact) mass is 470 g/mol. The number of nitrogens with one attached hydrogen (secondary N) is 1. The minimum atomic E-state index is -0.275. The van der Waals surface area contributed by atoms with Gasteiger partial charge in [0, 0.05) is 17.5 Å². The number of rotatable bonds is 8. The lowest BCUT2D eigenvalue weighted by Gasteiger charge is -2.11. The second-order valence-electron chi connectivity index (χ2n) is 8.39. The number of amides is 1. The first-order chi connectivity index (χ1) is 17.1. The summed E-state index contributed by atoms with van der Waals surface area (Å²) < 4.78 is 8.48. The third-order valence-corrected chi connectivity index (χ3v) is 6.00. The molecule has 0 fully saturated rings. The molecule has 9 heteroatoms. The number of aromatic nitrogens is 5. The molecule has 35 heavy (non-hydrogen) atoms. The maximum atomic E-state index is 13.6. The van der Waals surface area contributed by atoms with Crippen LogP contribution in [0.25, 0.3) is 21.9 Å². The highest BCUT2D eigenvalue weighted by atomic mass is 16.5. The van der Waals surface area contributed by atoms with Crippen molar-refractivity contribution >= 4 is 33.5 Å². The van der Waals surface area contributed by atoms with Gasteiger partial charge in [0.15, 0.2) is 5.82 Å².